The Morgan fingerprint density at radius 1 is 1.14 bits per heavy atom. The Bertz CT molecular complexity index is 714. The minimum absolute atomic E-state index is 0.141. The van der Waals surface area contributed by atoms with E-state index in [1.54, 1.807) is 12.1 Å². The zero-order valence-corrected chi connectivity index (χ0v) is 12.9. The normalized spacial score (nSPS) is 10.4. The summed E-state index contributed by atoms with van der Waals surface area (Å²) in [7, 11) is 0. The van der Waals surface area contributed by atoms with Crippen molar-refractivity contribution in [3.63, 3.8) is 0 Å². The number of hydrogen-bond acceptors (Lipinski definition) is 3. The van der Waals surface area contributed by atoms with Gasteiger partial charge in [-0.05, 0) is 29.8 Å². The summed E-state index contributed by atoms with van der Waals surface area (Å²) >= 11 is 3.33. The quantitative estimate of drug-likeness (QED) is 0.633. The maximum absolute atomic E-state index is 11.7. The number of amides is 2. The number of carbonyl (C=O) groups excluding carboxylic acids is 1. The standard InChI is InChI=1S/C15H12BrN3O3/c16-12-7-5-11(6-8-12)9-10-17-15(20)18-13-3-1-2-4-14(13)19(21)22/h1-10H,(H2,17,18,20)/b10-9+. The van der Waals surface area contributed by atoms with E-state index in [9.17, 15) is 14.9 Å². The molecule has 0 spiro atoms. The van der Waals surface area contributed by atoms with Gasteiger partial charge in [-0.25, -0.2) is 4.79 Å². The molecule has 2 amide bonds. The first kappa shape index (κ1) is 15.7. The van der Waals surface area contributed by atoms with E-state index in [0.29, 0.717) is 0 Å². The molecular weight excluding hydrogens is 350 g/mol. The zero-order valence-electron chi connectivity index (χ0n) is 11.3. The van der Waals surface area contributed by atoms with Gasteiger partial charge in [-0.15, -0.1) is 0 Å². The van der Waals surface area contributed by atoms with Crippen molar-refractivity contribution >= 4 is 39.4 Å². The highest BCUT2D eigenvalue weighted by Crippen LogP contribution is 2.22. The van der Waals surface area contributed by atoms with Crippen LogP contribution in [0, 0.1) is 10.1 Å². The molecule has 112 valence electrons. The summed E-state index contributed by atoms with van der Waals surface area (Å²) in [5.74, 6) is 0. The molecule has 0 aromatic heterocycles. The van der Waals surface area contributed by atoms with Gasteiger partial charge in [0, 0.05) is 16.7 Å². The average molecular weight is 362 g/mol. The topological polar surface area (TPSA) is 84.3 Å². The second-order valence-electron chi connectivity index (χ2n) is 4.26. The van der Waals surface area contributed by atoms with Crippen LogP contribution in [0.4, 0.5) is 16.2 Å². The van der Waals surface area contributed by atoms with Gasteiger partial charge in [-0.1, -0.05) is 40.2 Å². The van der Waals surface area contributed by atoms with Gasteiger partial charge in [0.25, 0.3) is 5.69 Å². The van der Waals surface area contributed by atoms with Crippen molar-refractivity contribution in [1.29, 1.82) is 0 Å². The number of benzene rings is 2. The maximum Gasteiger partial charge on any atom is 0.323 e. The molecule has 0 bridgehead atoms. The number of urea groups is 1. The highest BCUT2D eigenvalue weighted by atomic mass is 79.9. The molecule has 0 heterocycles. The number of nitro groups is 1. The van der Waals surface area contributed by atoms with Crippen molar-refractivity contribution in [3.8, 4) is 0 Å². The van der Waals surface area contributed by atoms with Gasteiger partial charge in [-0.3, -0.25) is 10.1 Å². The monoisotopic (exact) mass is 361 g/mol. The van der Waals surface area contributed by atoms with Gasteiger partial charge in [0.2, 0.25) is 0 Å². The lowest BCUT2D eigenvalue weighted by Gasteiger charge is -2.05. The Labute approximate surface area is 135 Å². The zero-order chi connectivity index (χ0) is 15.9. The van der Waals surface area contributed by atoms with E-state index in [0.717, 1.165) is 10.0 Å². The van der Waals surface area contributed by atoms with Crippen molar-refractivity contribution in [3.05, 3.63) is 74.9 Å². The van der Waals surface area contributed by atoms with Gasteiger partial charge in [0.15, 0.2) is 0 Å². The smallest absolute Gasteiger partial charge is 0.314 e. The van der Waals surface area contributed by atoms with Gasteiger partial charge in [0.1, 0.15) is 5.69 Å². The van der Waals surface area contributed by atoms with E-state index in [1.807, 2.05) is 24.3 Å². The van der Waals surface area contributed by atoms with Crippen molar-refractivity contribution in [1.82, 2.24) is 5.32 Å². The van der Waals surface area contributed by atoms with Crippen molar-refractivity contribution in [2.24, 2.45) is 0 Å². The molecule has 2 N–H and O–H groups in total. The Kier molecular flexibility index (Phi) is 5.26. The van der Waals surface area contributed by atoms with Crippen LogP contribution in [0.3, 0.4) is 0 Å². The van der Waals surface area contributed by atoms with Crippen LogP contribution in [-0.2, 0) is 0 Å². The third-order valence-corrected chi connectivity index (χ3v) is 3.24. The Balaban J connectivity index is 1.96. The summed E-state index contributed by atoms with van der Waals surface area (Å²) < 4.78 is 0.965. The molecule has 0 unspecified atom stereocenters. The lowest BCUT2D eigenvalue weighted by Crippen LogP contribution is -2.24. The highest BCUT2D eigenvalue weighted by molar-refractivity contribution is 9.10. The molecule has 2 aromatic rings. The van der Waals surface area contributed by atoms with Crippen LogP contribution >= 0.6 is 15.9 Å². The van der Waals surface area contributed by atoms with Crippen LogP contribution in [0.1, 0.15) is 5.56 Å². The molecule has 7 heteroatoms. The molecule has 22 heavy (non-hydrogen) atoms. The third-order valence-electron chi connectivity index (χ3n) is 2.71. The van der Waals surface area contributed by atoms with Crippen LogP contribution in [-0.4, -0.2) is 11.0 Å². The number of rotatable bonds is 4. The Hall–Kier alpha value is -2.67. The summed E-state index contributed by atoms with van der Waals surface area (Å²) in [5.41, 5.74) is 0.894. The first-order chi connectivity index (χ1) is 10.6. The summed E-state index contributed by atoms with van der Waals surface area (Å²) in [4.78, 5) is 22.0. The number of halogens is 1. The summed E-state index contributed by atoms with van der Waals surface area (Å²) in [6.45, 7) is 0. The number of nitro benzene ring substituents is 1. The number of para-hydroxylation sites is 2. The fraction of sp³-hybridized carbons (Fsp3) is 0. The van der Waals surface area contributed by atoms with E-state index in [4.69, 9.17) is 0 Å². The Morgan fingerprint density at radius 2 is 1.82 bits per heavy atom. The lowest BCUT2D eigenvalue weighted by atomic mass is 10.2. The molecule has 2 rings (SSSR count). The SMILES string of the molecule is O=C(N/C=C/c1ccc(Br)cc1)Nc1ccccc1[N+](=O)[O-]. The van der Waals surface area contributed by atoms with Crippen molar-refractivity contribution in [2.75, 3.05) is 5.32 Å². The highest BCUT2D eigenvalue weighted by Gasteiger charge is 2.13. The number of nitrogens with zero attached hydrogens (tertiary/aromatic N) is 1. The summed E-state index contributed by atoms with van der Waals surface area (Å²) in [6.07, 6.45) is 3.18. The third kappa shape index (κ3) is 4.42. The minimum atomic E-state index is -0.553. The van der Waals surface area contributed by atoms with E-state index in [1.165, 1.54) is 24.4 Å². The predicted molar refractivity (Wildman–Crippen MR) is 88.4 cm³/mol. The van der Waals surface area contributed by atoms with E-state index >= 15 is 0 Å². The van der Waals surface area contributed by atoms with Crippen LogP contribution in [0.5, 0.6) is 0 Å². The Morgan fingerprint density at radius 3 is 2.50 bits per heavy atom. The van der Waals surface area contributed by atoms with E-state index in [-0.39, 0.29) is 11.4 Å². The molecule has 0 fully saturated rings. The van der Waals surface area contributed by atoms with Crippen molar-refractivity contribution in [2.45, 2.75) is 0 Å². The molecule has 2 aromatic carbocycles. The molecular formula is C15H12BrN3O3. The van der Waals surface area contributed by atoms with Gasteiger partial charge in [0.05, 0.1) is 4.92 Å². The van der Waals surface area contributed by atoms with E-state index in [2.05, 4.69) is 26.6 Å². The van der Waals surface area contributed by atoms with Gasteiger partial charge < -0.3 is 10.6 Å². The fourth-order valence-corrected chi connectivity index (χ4v) is 1.95. The number of anilines is 1. The van der Waals surface area contributed by atoms with Gasteiger partial charge in [-0.2, -0.15) is 0 Å². The first-order valence-corrected chi connectivity index (χ1v) is 7.08. The first-order valence-electron chi connectivity index (χ1n) is 6.29. The molecule has 0 aliphatic carbocycles. The van der Waals surface area contributed by atoms with Crippen LogP contribution < -0.4 is 10.6 Å². The molecule has 0 atom stereocenters. The number of nitrogens with one attached hydrogen (secondary N) is 2. The average Bonchev–Trinajstić information content (AvgIpc) is 2.49. The fourth-order valence-electron chi connectivity index (χ4n) is 1.68. The molecule has 0 saturated heterocycles. The molecule has 0 aliphatic heterocycles. The number of hydrogen-bond donors (Lipinski definition) is 2. The largest absolute Gasteiger partial charge is 0.323 e. The maximum atomic E-state index is 11.7. The predicted octanol–water partition coefficient (Wildman–Crippen LogP) is 4.15. The van der Waals surface area contributed by atoms with Crippen LogP contribution in [0.25, 0.3) is 6.08 Å². The minimum Gasteiger partial charge on any atom is -0.314 e. The van der Waals surface area contributed by atoms with Crippen LogP contribution in [0.15, 0.2) is 59.2 Å². The second kappa shape index (κ2) is 7.37. The summed E-state index contributed by atoms with van der Waals surface area (Å²) in [6, 6.07) is 12.9. The van der Waals surface area contributed by atoms with Crippen LogP contribution in [0.2, 0.25) is 0 Å². The summed E-state index contributed by atoms with van der Waals surface area (Å²) in [5, 5.41) is 15.8. The van der Waals surface area contributed by atoms with Crippen molar-refractivity contribution < 1.29 is 9.72 Å². The molecule has 0 radical (unpaired) electrons. The van der Waals surface area contributed by atoms with Gasteiger partial charge >= 0.3 is 6.03 Å². The second-order valence-corrected chi connectivity index (χ2v) is 5.17. The molecule has 0 aliphatic rings. The van der Waals surface area contributed by atoms with E-state index < -0.39 is 11.0 Å². The molecule has 0 saturated carbocycles. The number of carbonyl (C=O) groups is 1. The lowest BCUT2D eigenvalue weighted by molar-refractivity contribution is -0.383. The molecule has 6 nitrogen and oxygen atoms in total.